The van der Waals surface area contributed by atoms with Crippen LogP contribution in [0.25, 0.3) is 11.0 Å². The van der Waals surface area contributed by atoms with Gasteiger partial charge in [-0.1, -0.05) is 18.2 Å². The molecule has 3 aromatic rings. The van der Waals surface area contributed by atoms with Crippen LogP contribution in [0.15, 0.2) is 47.3 Å². The van der Waals surface area contributed by atoms with Crippen LogP contribution in [0.4, 0.5) is 5.69 Å². The quantitative estimate of drug-likeness (QED) is 0.631. The number of amides is 2. The minimum atomic E-state index is -0.353. The SMILES string of the molecule is CCNC(=O)CCc1nc2ccccc2n(CC(=O)Nc2ccc(C)c(C)c2)c1=O. The molecule has 0 aliphatic rings. The number of para-hydroxylation sites is 2. The van der Waals surface area contributed by atoms with Crippen LogP contribution < -0.4 is 16.2 Å². The minimum Gasteiger partial charge on any atom is -0.356 e. The molecule has 2 N–H and O–H groups in total. The number of benzene rings is 2. The Morgan fingerprint density at radius 2 is 1.80 bits per heavy atom. The number of rotatable bonds is 7. The van der Waals surface area contributed by atoms with E-state index in [1.54, 1.807) is 18.2 Å². The second-order valence-electron chi connectivity index (χ2n) is 7.24. The molecule has 3 rings (SSSR count). The summed E-state index contributed by atoms with van der Waals surface area (Å²) in [5.41, 5.74) is 4.02. The number of hydrogen-bond acceptors (Lipinski definition) is 4. The molecule has 7 heteroatoms. The van der Waals surface area contributed by atoms with E-state index in [1.807, 2.05) is 45.0 Å². The molecule has 1 heterocycles. The van der Waals surface area contributed by atoms with Crippen molar-refractivity contribution in [3.05, 3.63) is 69.6 Å². The first-order chi connectivity index (χ1) is 14.4. The minimum absolute atomic E-state index is 0.133. The van der Waals surface area contributed by atoms with Gasteiger partial charge < -0.3 is 10.6 Å². The Morgan fingerprint density at radius 3 is 2.53 bits per heavy atom. The molecule has 0 saturated carbocycles. The predicted octanol–water partition coefficient (Wildman–Crippen LogP) is 2.72. The average molecular weight is 406 g/mol. The van der Waals surface area contributed by atoms with Crippen LogP contribution in [0.2, 0.25) is 0 Å². The van der Waals surface area contributed by atoms with Crippen LogP contribution in [0, 0.1) is 13.8 Å². The van der Waals surface area contributed by atoms with Gasteiger partial charge in [0.15, 0.2) is 0 Å². The van der Waals surface area contributed by atoms with Gasteiger partial charge in [-0.05, 0) is 56.2 Å². The summed E-state index contributed by atoms with van der Waals surface area (Å²) in [6.07, 6.45) is 0.386. The van der Waals surface area contributed by atoms with E-state index in [0.29, 0.717) is 23.3 Å². The van der Waals surface area contributed by atoms with Gasteiger partial charge in [0.1, 0.15) is 12.2 Å². The van der Waals surface area contributed by atoms with E-state index in [2.05, 4.69) is 15.6 Å². The monoisotopic (exact) mass is 406 g/mol. The number of nitrogens with one attached hydrogen (secondary N) is 2. The zero-order valence-electron chi connectivity index (χ0n) is 17.5. The fourth-order valence-corrected chi connectivity index (χ4v) is 3.25. The standard InChI is InChI=1S/C23H26N4O3/c1-4-24-21(28)12-11-19-23(30)27(20-8-6-5-7-18(20)26-19)14-22(29)25-17-10-9-15(2)16(3)13-17/h5-10,13H,4,11-12,14H2,1-3H3,(H,24,28)(H,25,29). The summed E-state index contributed by atoms with van der Waals surface area (Å²) < 4.78 is 1.42. The summed E-state index contributed by atoms with van der Waals surface area (Å²) in [4.78, 5) is 41.9. The molecule has 7 nitrogen and oxygen atoms in total. The van der Waals surface area contributed by atoms with Gasteiger partial charge in [-0.15, -0.1) is 0 Å². The maximum Gasteiger partial charge on any atom is 0.273 e. The number of fused-ring (bicyclic) bond motifs is 1. The molecule has 0 bridgehead atoms. The summed E-state index contributed by atoms with van der Waals surface area (Å²) in [6, 6.07) is 12.9. The van der Waals surface area contributed by atoms with Gasteiger partial charge in [0, 0.05) is 25.1 Å². The molecule has 0 saturated heterocycles. The maximum atomic E-state index is 13.0. The van der Waals surface area contributed by atoms with Crippen molar-refractivity contribution in [2.45, 2.75) is 40.2 Å². The highest BCUT2D eigenvalue weighted by Gasteiger charge is 2.15. The lowest BCUT2D eigenvalue weighted by Gasteiger charge is -2.13. The van der Waals surface area contributed by atoms with Crippen molar-refractivity contribution in [2.75, 3.05) is 11.9 Å². The number of carbonyl (C=O) groups is 2. The highest BCUT2D eigenvalue weighted by molar-refractivity contribution is 5.91. The van der Waals surface area contributed by atoms with E-state index in [4.69, 9.17) is 0 Å². The fourth-order valence-electron chi connectivity index (χ4n) is 3.25. The first kappa shape index (κ1) is 21.2. The molecule has 2 amide bonds. The molecular formula is C23H26N4O3. The largest absolute Gasteiger partial charge is 0.356 e. The van der Waals surface area contributed by atoms with E-state index in [-0.39, 0.29) is 42.5 Å². The smallest absolute Gasteiger partial charge is 0.273 e. The van der Waals surface area contributed by atoms with Crippen molar-refractivity contribution in [3.8, 4) is 0 Å². The van der Waals surface area contributed by atoms with Gasteiger partial charge in [-0.2, -0.15) is 0 Å². The van der Waals surface area contributed by atoms with Crippen LogP contribution in [-0.4, -0.2) is 27.9 Å². The summed E-state index contributed by atoms with van der Waals surface area (Å²) in [7, 11) is 0. The normalized spacial score (nSPS) is 10.8. The van der Waals surface area contributed by atoms with Gasteiger partial charge in [-0.25, -0.2) is 4.98 Å². The summed E-state index contributed by atoms with van der Waals surface area (Å²) in [6.45, 7) is 6.22. The molecule has 0 unspecified atom stereocenters. The van der Waals surface area contributed by atoms with Crippen molar-refractivity contribution in [1.29, 1.82) is 0 Å². The topological polar surface area (TPSA) is 93.1 Å². The van der Waals surface area contributed by atoms with Crippen LogP contribution >= 0.6 is 0 Å². The number of anilines is 1. The summed E-state index contributed by atoms with van der Waals surface area (Å²) in [5, 5.41) is 5.57. The Labute approximate surface area is 175 Å². The lowest BCUT2D eigenvalue weighted by atomic mass is 10.1. The average Bonchev–Trinajstić information content (AvgIpc) is 2.72. The molecular weight excluding hydrogens is 380 g/mol. The second kappa shape index (κ2) is 9.35. The van der Waals surface area contributed by atoms with Crippen molar-refractivity contribution in [1.82, 2.24) is 14.9 Å². The first-order valence-electron chi connectivity index (χ1n) is 10.0. The van der Waals surface area contributed by atoms with Crippen LogP contribution in [0.3, 0.4) is 0 Å². The fraction of sp³-hybridized carbons (Fsp3) is 0.304. The molecule has 0 fully saturated rings. The van der Waals surface area contributed by atoms with Gasteiger partial charge in [0.2, 0.25) is 11.8 Å². The van der Waals surface area contributed by atoms with Gasteiger partial charge in [0.25, 0.3) is 5.56 Å². The second-order valence-corrected chi connectivity index (χ2v) is 7.24. The van der Waals surface area contributed by atoms with E-state index >= 15 is 0 Å². The highest BCUT2D eigenvalue weighted by atomic mass is 16.2. The Morgan fingerprint density at radius 1 is 1.03 bits per heavy atom. The Hall–Kier alpha value is -3.48. The van der Waals surface area contributed by atoms with E-state index in [1.165, 1.54) is 4.57 Å². The predicted molar refractivity (Wildman–Crippen MR) is 118 cm³/mol. The Bertz CT molecular complexity index is 1150. The number of aromatic nitrogens is 2. The first-order valence-corrected chi connectivity index (χ1v) is 10.0. The zero-order chi connectivity index (χ0) is 21.7. The van der Waals surface area contributed by atoms with Gasteiger partial charge in [0.05, 0.1) is 11.0 Å². The lowest BCUT2D eigenvalue weighted by Crippen LogP contribution is -2.32. The Balaban J connectivity index is 1.88. The molecule has 0 aliphatic carbocycles. The van der Waals surface area contributed by atoms with E-state index in [0.717, 1.165) is 11.1 Å². The third-order valence-electron chi connectivity index (χ3n) is 4.98. The highest BCUT2D eigenvalue weighted by Crippen LogP contribution is 2.15. The van der Waals surface area contributed by atoms with Crippen LogP contribution in [0.1, 0.15) is 30.2 Å². The molecule has 30 heavy (non-hydrogen) atoms. The maximum absolute atomic E-state index is 13.0. The molecule has 0 spiro atoms. The van der Waals surface area contributed by atoms with E-state index in [9.17, 15) is 14.4 Å². The van der Waals surface area contributed by atoms with Gasteiger partial charge >= 0.3 is 0 Å². The summed E-state index contributed by atoms with van der Waals surface area (Å²) >= 11 is 0. The third-order valence-corrected chi connectivity index (χ3v) is 4.98. The van der Waals surface area contributed by atoms with Crippen molar-refractivity contribution in [2.24, 2.45) is 0 Å². The Kier molecular flexibility index (Phi) is 6.61. The number of aryl methyl sites for hydroxylation is 3. The molecule has 0 atom stereocenters. The molecule has 0 radical (unpaired) electrons. The zero-order valence-corrected chi connectivity index (χ0v) is 17.5. The molecule has 0 aliphatic heterocycles. The van der Waals surface area contributed by atoms with Gasteiger partial charge in [-0.3, -0.25) is 19.0 Å². The molecule has 156 valence electrons. The van der Waals surface area contributed by atoms with Crippen molar-refractivity contribution >= 4 is 28.5 Å². The molecule has 1 aromatic heterocycles. The van der Waals surface area contributed by atoms with Crippen LogP contribution in [-0.2, 0) is 22.6 Å². The summed E-state index contributed by atoms with van der Waals surface area (Å²) in [5.74, 6) is -0.433. The number of nitrogens with zero attached hydrogens (tertiary/aromatic N) is 2. The molecule has 2 aromatic carbocycles. The van der Waals surface area contributed by atoms with Crippen molar-refractivity contribution < 1.29 is 9.59 Å². The van der Waals surface area contributed by atoms with Crippen molar-refractivity contribution in [3.63, 3.8) is 0 Å². The third kappa shape index (κ3) is 4.92. The van der Waals surface area contributed by atoms with Crippen LogP contribution in [0.5, 0.6) is 0 Å². The number of carbonyl (C=O) groups excluding carboxylic acids is 2. The number of hydrogen-bond donors (Lipinski definition) is 2. The van der Waals surface area contributed by atoms with E-state index < -0.39 is 0 Å². The lowest BCUT2D eigenvalue weighted by molar-refractivity contribution is -0.121.